The van der Waals surface area contributed by atoms with Crippen LogP contribution in [0.2, 0.25) is 10.0 Å². The number of carboxylic acid groups (broad SMARTS) is 1. The van der Waals surface area contributed by atoms with Crippen LogP contribution in [0.3, 0.4) is 0 Å². The van der Waals surface area contributed by atoms with Gasteiger partial charge in [-0.3, -0.25) is 24.5 Å². The summed E-state index contributed by atoms with van der Waals surface area (Å²) in [5.74, 6) is -3.41. The average Bonchev–Trinajstić information content (AvgIpc) is 2.89. The van der Waals surface area contributed by atoms with Crippen LogP contribution in [-0.4, -0.2) is 39.0 Å². The molecular formula is C32H29Cl2F3N2O7. The second-order valence-electron chi connectivity index (χ2n) is 13.4. The summed E-state index contributed by atoms with van der Waals surface area (Å²) < 4.78 is 45.2. The van der Waals surface area contributed by atoms with Crippen LogP contribution in [0.5, 0.6) is 11.5 Å². The van der Waals surface area contributed by atoms with Crippen LogP contribution in [0.1, 0.15) is 70.4 Å². The number of ketones is 2. The number of benzene rings is 2. The van der Waals surface area contributed by atoms with Crippen molar-refractivity contribution in [3.8, 4) is 11.5 Å². The SMILES string of the molecule is CC1(C)CC(=O)C2=C(C1)N(CC(=O)O)C1=C(C(=O)CC(C)(C)C1)C2c1cc(Cl)c(Oc2ccc(C(F)(F)F)cc2[N+](=O)[O-])c(Cl)c1. The number of aliphatic carboxylic acids is 1. The Morgan fingerprint density at radius 2 is 1.48 bits per heavy atom. The highest BCUT2D eigenvalue weighted by molar-refractivity contribution is 6.37. The first-order valence-corrected chi connectivity index (χ1v) is 15.0. The van der Waals surface area contributed by atoms with E-state index in [1.165, 1.54) is 12.1 Å². The molecule has 1 N–H and O–H groups in total. The van der Waals surface area contributed by atoms with Gasteiger partial charge in [-0.1, -0.05) is 50.9 Å². The van der Waals surface area contributed by atoms with Gasteiger partial charge in [-0.15, -0.1) is 0 Å². The fourth-order valence-corrected chi connectivity index (χ4v) is 7.16. The molecule has 0 unspecified atom stereocenters. The largest absolute Gasteiger partial charge is 0.480 e. The van der Waals surface area contributed by atoms with Crippen molar-refractivity contribution in [3.05, 3.63) is 84.2 Å². The van der Waals surface area contributed by atoms with E-state index in [0.29, 0.717) is 41.9 Å². The monoisotopic (exact) mass is 680 g/mol. The van der Waals surface area contributed by atoms with Crippen LogP contribution in [0.4, 0.5) is 18.9 Å². The van der Waals surface area contributed by atoms with Crippen LogP contribution in [0, 0.1) is 20.9 Å². The molecule has 244 valence electrons. The molecule has 0 atom stereocenters. The number of carbonyl (C=O) groups excluding carboxylic acids is 2. The third-order valence-electron chi connectivity index (χ3n) is 8.36. The molecule has 0 saturated carbocycles. The molecule has 2 aromatic carbocycles. The topological polar surface area (TPSA) is 127 Å². The molecule has 0 fully saturated rings. The van der Waals surface area contributed by atoms with Crippen molar-refractivity contribution in [2.75, 3.05) is 6.54 Å². The Morgan fingerprint density at radius 1 is 0.978 bits per heavy atom. The fourth-order valence-electron chi connectivity index (χ4n) is 6.58. The van der Waals surface area contributed by atoms with Crippen molar-refractivity contribution in [1.29, 1.82) is 0 Å². The van der Waals surface area contributed by atoms with Gasteiger partial charge in [0.2, 0.25) is 5.75 Å². The number of nitrogens with zero attached hydrogens (tertiary/aromatic N) is 2. The first-order valence-electron chi connectivity index (χ1n) is 14.2. The highest BCUT2D eigenvalue weighted by atomic mass is 35.5. The number of nitro benzene ring substituents is 1. The molecule has 14 heteroatoms. The van der Waals surface area contributed by atoms with Gasteiger partial charge in [-0.25, -0.2) is 0 Å². The maximum absolute atomic E-state index is 13.8. The number of Topliss-reactive ketones (excluding diaryl/α,β-unsaturated/α-hetero) is 2. The predicted molar refractivity (Wildman–Crippen MR) is 162 cm³/mol. The Bertz CT molecular complexity index is 1700. The maximum atomic E-state index is 13.8. The Kier molecular flexibility index (Phi) is 8.30. The molecule has 1 aliphatic heterocycles. The molecule has 0 spiro atoms. The third kappa shape index (κ3) is 6.24. The van der Waals surface area contributed by atoms with E-state index in [0.717, 1.165) is 6.07 Å². The lowest BCUT2D eigenvalue weighted by Crippen LogP contribution is -2.45. The number of hydrogen-bond acceptors (Lipinski definition) is 7. The summed E-state index contributed by atoms with van der Waals surface area (Å²) in [5, 5.41) is 21.1. The summed E-state index contributed by atoms with van der Waals surface area (Å²) in [6.45, 7) is 7.18. The Balaban J connectivity index is 1.67. The fraction of sp³-hybridized carbons (Fsp3) is 0.406. The van der Waals surface area contributed by atoms with Crippen molar-refractivity contribution in [1.82, 2.24) is 4.90 Å². The number of allylic oxidation sites excluding steroid dienone is 4. The van der Waals surface area contributed by atoms with E-state index < -0.39 is 57.4 Å². The van der Waals surface area contributed by atoms with Crippen LogP contribution in [0.15, 0.2) is 52.9 Å². The van der Waals surface area contributed by atoms with E-state index in [9.17, 15) is 42.8 Å². The van der Waals surface area contributed by atoms with Crippen LogP contribution in [0.25, 0.3) is 0 Å². The number of hydrogen-bond donors (Lipinski definition) is 1. The van der Waals surface area contributed by atoms with E-state index in [-0.39, 0.29) is 51.3 Å². The minimum Gasteiger partial charge on any atom is -0.480 e. The van der Waals surface area contributed by atoms with Gasteiger partial charge in [0, 0.05) is 47.4 Å². The Labute approximate surface area is 271 Å². The lowest BCUT2D eigenvalue weighted by atomic mass is 9.63. The molecule has 0 aromatic heterocycles. The zero-order valence-electron chi connectivity index (χ0n) is 25.2. The van der Waals surface area contributed by atoms with Crippen molar-refractivity contribution in [2.45, 2.75) is 65.5 Å². The second-order valence-corrected chi connectivity index (χ2v) is 14.2. The van der Waals surface area contributed by atoms with Crippen molar-refractivity contribution in [2.24, 2.45) is 10.8 Å². The van der Waals surface area contributed by atoms with Gasteiger partial charge in [0.1, 0.15) is 6.54 Å². The lowest BCUT2D eigenvalue weighted by Gasteiger charge is -2.48. The van der Waals surface area contributed by atoms with Crippen molar-refractivity contribution in [3.63, 3.8) is 0 Å². The highest BCUT2D eigenvalue weighted by Gasteiger charge is 2.49. The number of carboxylic acids is 1. The quantitative estimate of drug-likeness (QED) is 0.238. The van der Waals surface area contributed by atoms with E-state index in [4.69, 9.17) is 27.9 Å². The average molecular weight is 681 g/mol. The van der Waals surface area contributed by atoms with E-state index in [1.54, 1.807) is 4.90 Å². The van der Waals surface area contributed by atoms with Gasteiger partial charge in [0.25, 0.3) is 0 Å². The first kappa shape index (κ1) is 33.5. The smallest absolute Gasteiger partial charge is 0.416 e. The highest BCUT2D eigenvalue weighted by Crippen LogP contribution is 2.55. The van der Waals surface area contributed by atoms with E-state index >= 15 is 0 Å². The molecule has 1 heterocycles. The standard InChI is InChI=1S/C32H29Cl2F3N2O7/c1-30(2)10-20-27(22(40)12-30)26(28-21(38(20)14-25(42)43)11-31(3,4)13-23(28)41)15-7-17(33)29(18(34)8-15)46-24-6-5-16(32(35,36)37)9-19(24)39(44)45/h5-9,26H,10-14H2,1-4H3,(H,42,43). The van der Waals surface area contributed by atoms with Gasteiger partial charge in [-0.2, -0.15) is 13.2 Å². The molecular weight excluding hydrogens is 652 g/mol. The zero-order valence-corrected chi connectivity index (χ0v) is 26.7. The van der Waals surface area contributed by atoms with Crippen LogP contribution < -0.4 is 4.74 Å². The molecule has 0 saturated heterocycles. The normalized spacial score (nSPS) is 19.6. The second kappa shape index (κ2) is 11.4. The summed E-state index contributed by atoms with van der Waals surface area (Å²) in [5.41, 5.74) is -1.32. The van der Waals surface area contributed by atoms with Crippen LogP contribution in [-0.2, 0) is 20.6 Å². The number of rotatable bonds is 6. The summed E-state index contributed by atoms with van der Waals surface area (Å²) in [6, 6.07) is 4.54. The molecule has 0 amide bonds. The van der Waals surface area contributed by atoms with Gasteiger partial charge in [0.05, 0.1) is 20.5 Å². The molecule has 2 aliphatic carbocycles. The van der Waals surface area contributed by atoms with Gasteiger partial charge < -0.3 is 14.7 Å². The molecule has 3 aliphatic rings. The summed E-state index contributed by atoms with van der Waals surface area (Å²) in [6.07, 6.45) is -3.82. The molecule has 5 rings (SSSR count). The lowest BCUT2D eigenvalue weighted by molar-refractivity contribution is -0.385. The van der Waals surface area contributed by atoms with Crippen LogP contribution >= 0.6 is 23.2 Å². The predicted octanol–water partition coefficient (Wildman–Crippen LogP) is 8.48. The summed E-state index contributed by atoms with van der Waals surface area (Å²) in [7, 11) is 0. The minimum absolute atomic E-state index is 0.145. The van der Waals surface area contributed by atoms with Gasteiger partial charge >= 0.3 is 17.8 Å². The molecule has 0 radical (unpaired) electrons. The summed E-state index contributed by atoms with van der Waals surface area (Å²) >= 11 is 13.2. The molecule has 2 aromatic rings. The molecule has 9 nitrogen and oxygen atoms in total. The van der Waals surface area contributed by atoms with Crippen molar-refractivity contribution >= 4 is 46.4 Å². The number of carbonyl (C=O) groups is 3. The number of ether oxygens (including phenoxy) is 1. The Hall–Kier alpha value is -3.90. The maximum Gasteiger partial charge on any atom is 0.416 e. The van der Waals surface area contributed by atoms with Gasteiger partial charge in [0.15, 0.2) is 17.3 Å². The molecule has 46 heavy (non-hydrogen) atoms. The van der Waals surface area contributed by atoms with E-state index in [1.807, 2.05) is 27.7 Å². The number of nitro groups is 1. The minimum atomic E-state index is -4.83. The van der Waals surface area contributed by atoms with Crippen molar-refractivity contribution < 1.29 is 42.3 Å². The van der Waals surface area contributed by atoms with Gasteiger partial charge in [-0.05, 0) is 53.5 Å². The number of alkyl halides is 3. The van der Waals surface area contributed by atoms with E-state index in [2.05, 4.69) is 0 Å². The first-order chi connectivity index (χ1) is 21.2. The number of halogens is 5. The Morgan fingerprint density at radius 3 is 1.91 bits per heavy atom. The third-order valence-corrected chi connectivity index (χ3v) is 8.93. The zero-order chi connectivity index (χ0) is 34.1. The summed E-state index contributed by atoms with van der Waals surface area (Å²) in [4.78, 5) is 51.9. The molecule has 0 bridgehead atoms.